The summed E-state index contributed by atoms with van der Waals surface area (Å²) in [7, 11) is 0. The summed E-state index contributed by atoms with van der Waals surface area (Å²) in [6.07, 6.45) is 3.89. The van der Waals surface area contributed by atoms with Crippen LogP contribution in [0.2, 0.25) is 0 Å². The summed E-state index contributed by atoms with van der Waals surface area (Å²) in [4.78, 5) is 10.7. The normalized spacial score (nSPS) is 11.9. The smallest absolute Gasteiger partial charge is 0.225 e. The maximum absolute atomic E-state index is 8.69. The summed E-state index contributed by atoms with van der Waals surface area (Å²) < 4.78 is 0. The average molecular weight is 265 g/mol. The second-order valence-electron chi connectivity index (χ2n) is 4.45. The average Bonchev–Trinajstić information content (AvgIpc) is 2.48. The van der Waals surface area contributed by atoms with Crippen molar-refractivity contribution in [2.24, 2.45) is 16.8 Å². The molecule has 6 heteroatoms. The molecule has 0 unspecified atom stereocenters. The molecule has 0 aromatic carbocycles. The Hall–Kier alpha value is -1.85. The number of hydrogen-bond donors (Lipinski definition) is 2. The summed E-state index contributed by atoms with van der Waals surface area (Å²) in [5, 5.41) is 11.6. The lowest BCUT2D eigenvalue weighted by atomic mass is 10.0. The summed E-state index contributed by atoms with van der Waals surface area (Å²) in [6.45, 7) is 8.20. The van der Waals surface area contributed by atoms with Gasteiger partial charge >= 0.3 is 0 Å². The predicted molar refractivity (Wildman–Crippen MR) is 76.5 cm³/mol. The highest BCUT2D eigenvalue weighted by Crippen LogP contribution is 2.14. The Labute approximate surface area is 114 Å². The van der Waals surface area contributed by atoms with Crippen LogP contribution in [-0.4, -0.2) is 34.1 Å². The van der Waals surface area contributed by atoms with E-state index in [2.05, 4.69) is 40.8 Å². The van der Waals surface area contributed by atoms with E-state index in [1.54, 1.807) is 12.3 Å². The maximum Gasteiger partial charge on any atom is 0.225 e. The first-order chi connectivity index (χ1) is 9.15. The fourth-order valence-electron chi connectivity index (χ4n) is 1.91. The number of nitrogens with zero attached hydrogens (tertiary/aromatic N) is 4. The van der Waals surface area contributed by atoms with Crippen molar-refractivity contribution in [2.45, 2.75) is 33.6 Å². The van der Waals surface area contributed by atoms with E-state index in [0.29, 0.717) is 17.6 Å². The van der Waals surface area contributed by atoms with Gasteiger partial charge < -0.3 is 15.8 Å². The maximum atomic E-state index is 8.69. The topological polar surface area (TPSA) is 87.6 Å². The Morgan fingerprint density at radius 3 is 2.63 bits per heavy atom. The monoisotopic (exact) mass is 265 g/mol. The zero-order valence-corrected chi connectivity index (χ0v) is 11.9. The van der Waals surface area contributed by atoms with Crippen LogP contribution in [0.25, 0.3) is 0 Å². The van der Waals surface area contributed by atoms with Gasteiger partial charge in [-0.25, -0.2) is 9.97 Å². The molecule has 3 N–H and O–H groups in total. The zero-order chi connectivity index (χ0) is 14.3. The highest BCUT2D eigenvalue weighted by Gasteiger charge is 2.14. The molecular formula is C13H23N5O. The molecule has 0 saturated carbocycles. The molecule has 1 aromatic rings. The van der Waals surface area contributed by atoms with E-state index in [1.165, 1.54) is 0 Å². The van der Waals surface area contributed by atoms with E-state index in [1.807, 2.05) is 0 Å². The van der Waals surface area contributed by atoms with Crippen LogP contribution in [0.5, 0.6) is 0 Å². The van der Waals surface area contributed by atoms with Crippen molar-refractivity contribution < 1.29 is 5.21 Å². The number of aromatic nitrogens is 2. The van der Waals surface area contributed by atoms with Gasteiger partial charge in [-0.1, -0.05) is 31.8 Å². The molecule has 0 bridgehead atoms. The van der Waals surface area contributed by atoms with Crippen LogP contribution in [0, 0.1) is 5.92 Å². The van der Waals surface area contributed by atoms with Crippen LogP contribution >= 0.6 is 0 Å². The third-order valence-corrected chi connectivity index (χ3v) is 3.31. The molecule has 1 aromatic heterocycles. The summed E-state index contributed by atoms with van der Waals surface area (Å²) in [5.74, 6) is 1.25. The van der Waals surface area contributed by atoms with Gasteiger partial charge in [0.15, 0.2) is 5.84 Å². The largest absolute Gasteiger partial charge is 0.409 e. The quantitative estimate of drug-likeness (QED) is 0.340. The molecule has 6 nitrogen and oxygen atoms in total. The molecule has 1 rings (SSSR count). The van der Waals surface area contributed by atoms with E-state index in [-0.39, 0.29) is 5.84 Å². The summed E-state index contributed by atoms with van der Waals surface area (Å²) in [5.41, 5.74) is 5.99. The van der Waals surface area contributed by atoms with Crippen LogP contribution in [0.1, 0.15) is 39.3 Å². The van der Waals surface area contributed by atoms with E-state index >= 15 is 0 Å². The number of oxime groups is 1. The molecule has 0 saturated heterocycles. The van der Waals surface area contributed by atoms with Crippen LogP contribution < -0.4 is 10.6 Å². The standard InChI is InChI=1S/C13H23N5O/c1-4-10(5-2)9-18(6-3)13-15-8-7-11(16-13)12(14)17-19/h7-8,10,19H,4-6,9H2,1-3H3,(H2,14,17). The molecule has 0 aliphatic rings. The molecule has 1 heterocycles. The van der Waals surface area contributed by atoms with Gasteiger partial charge in [0.05, 0.1) is 0 Å². The van der Waals surface area contributed by atoms with Crippen molar-refractivity contribution in [3.05, 3.63) is 18.0 Å². The van der Waals surface area contributed by atoms with Gasteiger partial charge in [0, 0.05) is 19.3 Å². The first-order valence-electron chi connectivity index (χ1n) is 6.72. The third kappa shape index (κ3) is 4.08. The first-order valence-corrected chi connectivity index (χ1v) is 6.72. The summed E-state index contributed by atoms with van der Waals surface area (Å²) in [6, 6.07) is 1.63. The minimum absolute atomic E-state index is 0.00207. The Morgan fingerprint density at radius 2 is 2.11 bits per heavy atom. The minimum Gasteiger partial charge on any atom is -0.409 e. The first kappa shape index (κ1) is 15.2. The Kier molecular flexibility index (Phi) is 6.05. The van der Waals surface area contributed by atoms with Crippen LogP contribution in [0.15, 0.2) is 17.4 Å². The Balaban J connectivity index is 2.92. The van der Waals surface area contributed by atoms with Crippen molar-refractivity contribution in [3.63, 3.8) is 0 Å². The molecule has 0 fully saturated rings. The second-order valence-corrected chi connectivity index (χ2v) is 4.45. The molecular weight excluding hydrogens is 242 g/mol. The zero-order valence-electron chi connectivity index (χ0n) is 11.9. The lowest BCUT2D eigenvalue weighted by Gasteiger charge is -2.25. The number of hydrogen-bond acceptors (Lipinski definition) is 5. The van der Waals surface area contributed by atoms with Crippen molar-refractivity contribution in [3.8, 4) is 0 Å². The second kappa shape index (κ2) is 7.56. The minimum atomic E-state index is 0.00207. The molecule has 0 spiro atoms. The Morgan fingerprint density at radius 1 is 1.42 bits per heavy atom. The van der Waals surface area contributed by atoms with Gasteiger partial charge in [0.2, 0.25) is 5.95 Å². The van der Waals surface area contributed by atoms with Crippen molar-refractivity contribution in [2.75, 3.05) is 18.0 Å². The predicted octanol–water partition coefficient (Wildman–Crippen LogP) is 1.83. The molecule has 0 atom stereocenters. The van der Waals surface area contributed by atoms with Gasteiger partial charge in [-0.15, -0.1) is 0 Å². The van der Waals surface area contributed by atoms with Gasteiger partial charge in [-0.3, -0.25) is 0 Å². The van der Waals surface area contributed by atoms with E-state index in [0.717, 1.165) is 25.9 Å². The fraction of sp³-hybridized carbons (Fsp3) is 0.615. The Bertz CT molecular complexity index is 417. The fourth-order valence-corrected chi connectivity index (χ4v) is 1.91. The van der Waals surface area contributed by atoms with Crippen molar-refractivity contribution in [1.82, 2.24) is 9.97 Å². The van der Waals surface area contributed by atoms with Crippen molar-refractivity contribution >= 4 is 11.8 Å². The molecule has 0 amide bonds. The van der Waals surface area contributed by atoms with Gasteiger partial charge in [-0.2, -0.15) is 0 Å². The highest BCUT2D eigenvalue weighted by atomic mass is 16.4. The van der Waals surface area contributed by atoms with Crippen LogP contribution in [-0.2, 0) is 0 Å². The molecule has 19 heavy (non-hydrogen) atoms. The lowest BCUT2D eigenvalue weighted by Crippen LogP contribution is -2.31. The number of amidine groups is 1. The SMILES string of the molecule is CCC(CC)CN(CC)c1nccc(/C(N)=N/O)n1. The molecule has 0 radical (unpaired) electrons. The number of nitrogens with two attached hydrogens (primary N) is 1. The summed E-state index contributed by atoms with van der Waals surface area (Å²) >= 11 is 0. The van der Waals surface area contributed by atoms with E-state index < -0.39 is 0 Å². The third-order valence-electron chi connectivity index (χ3n) is 3.31. The molecule has 106 valence electrons. The van der Waals surface area contributed by atoms with Crippen molar-refractivity contribution in [1.29, 1.82) is 0 Å². The molecule has 0 aliphatic heterocycles. The van der Waals surface area contributed by atoms with Gasteiger partial charge in [0.1, 0.15) is 5.69 Å². The van der Waals surface area contributed by atoms with Crippen LogP contribution in [0.4, 0.5) is 5.95 Å². The van der Waals surface area contributed by atoms with Gasteiger partial charge in [-0.05, 0) is 18.9 Å². The van der Waals surface area contributed by atoms with E-state index in [9.17, 15) is 0 Å². The van der Waals surface area contributed by atoms with Crippen LogP contribution in [0.3, 0.4) is 0 Å². The lowest BCUT2D eigenvalue weighted by molar-refractivity contribution is 0.318. The molecule has 0 aliphatic carbocycles. The highest BCUT2D eigenvalue weighted by molar-refractivity contribution is 5.95. The number of rotatable bonds is 7. The van der Waals surface area contributed by atoms with E-state index in [4.69, 9.17) is 10.9 Å². The van der Waals surface area contributed by atoms with Gasteiger partial charge in [0.25, 0.3) is 0 Å². The number of anilines is 1.